The van der Waals surface area contributed by atoms with Gasteiger partial charge < -0.3 is 15.0 Å². The molecule has 4 aromatic carbocycles. The van der Waals surface area contributed by atoms with Gasteiger partial charge in [0.15, 0.2) is 0 Å². The third-order valence-electron chi connectivity index (χ3n) is 6.57. The van der Waals surface area contributed by atoms with E-state index in [9.17, 15) is 4.79 Å². The Morgan fingerprint density at radius 3 is 2.26 bits per heavy atom. The van der Waals surface area contributed by atoms with Crippen molar-refractivity contribution in [2.75, 3.05) is 10.6 Å². The van der Waals surface area contributed by atoms with Crippen molar-refractivity contribution in [2.24, 2.45) is 0 Å². The molecule has 0 aliphatic heterocycles. The lowest BCUT2D eigenvalue weighted by molar-refractivity contribution is 0.103. The van der Waals surface area contributed by atoms with Gasteiger partial charge in [0.25, 0.3) is 0 Å². The summed E-state index contributed by atoms with van der Waals surface area (Å²) in [6.45, 7) is 0.561. The molecule has 0 saturated heterocycles. The smallest absolute Gasteiger partial charge is 0.211 e. The summed E-state index contributed by atoms with van der Waals surface area (Å²) in [4.78, 5) is 14.1. The predicted octanol–water partition coefficient (Wildman–Crippen LogP) is 9.10. The summed E-state index contributed by atoms with van der Waals surface area (Å²) < 4.78 is 2.92. The minimum absolute atomic E-state index is 0.0671. The fourth-order valence-corrected chi connectivity index (χ4v) is 5.12. The molecule has 2 aromatic heterocycles. The number of ketones is 1. The summed E-state index contributed by atoms with van der Waals surface area (Å²) in [5.74, 6) is -0.0671. The molecule has 0 aliphatic carbocycles. The summed E-state index contributed by atoms with van der Waals surface area (Å²) in [6.07, 6.45) is 1.98. The zero-order valence-electron chi connectivity index (χ0n) is 20.3. The van der Waals surface area contributed by atoms with Crippen LogP contribution in [-0.2, 0) is 6.54 Å². The Hall–Kier alpha value is -4.06. The lowest BCUT2D eigenvalue weighted by atomic mass is 10.1. The number of rotatable bonds is 7. The summed E-state index contributed by atoms with van der Waals surface area (Å²) in [6, 6.07) is 35.5. The van der Waals surface area contributed by atoms with E-state index in [-0.39, 0.29) is 5.78 Å². The molecule has 0 atom stereocenters. The number of nitrogens with zero attached hydrogens (tertiary/aromatic N) is 1. The van der Waals surface area contributed by atoms with Crippen LogP contribution in [0, 0.1) is 0 Å². The highest BCUT2D eigenvalue weighted by molar-refractivity contribution is 9.10. The van der Waals surface area contributed by atoms with Crippen LogP contribution in [0.4, 0.5) is 17.1 Å². The number of hydrogen-bond donors (Lipinski definition) is 2. The maximum absolute atomic E-state index is 14.1. The molecule has 6 rings (SSSR count). The molecule has 2 heterocycles. The maximum Gasteiger partial charge on any atom is 0.211 e. The van der Waals surface area contributed by atoms with Gasteiger partial charge in [-0.1, -0.05) is 82.1 Å². The van der Waals surface area contributed by atoms with Gasteiger partial charge >= 0.3 is 0 Å². The minimum Gasteiger partial charge on any atom is -0.377 e. The van der Waals surface area contributed by atoms with Crippen LogP contribution in [0.2, 0.25) is 5.02 Å². The van der Waals surface area contributed by atoms with Crippen LogP contribution in [0.15, 0.2) is 120 Å². The Kier molecular flexibility index (Phi) is 6.62. The molecular weight excluding hydrogens is 558 g/mol. The van der Waals surface area contributed by atoms with E-state index in [1.165, 1.54) is 0 Å². The standard InChI is InChI=1S/C32H23BrClN3O/c33-24-12-10-23(11-13-24)32(38)31-28(35-20-21-6-2-1-3-7-21)29(36-26-16-14-25(34)15-17-26)30-27-9-5-4-8-22(27)18-19-37(30)31/h1-19,35-36H,20H2. The number of fused-ring (bicyclic) bond motifs is 3. The lowest BCUT2D eigenvalue weighted by Gasteiger charge is -2.13. The van der Waals surface area contributed by atoms with Gasteiger partial charge in [-0.25, -0.2) is 0 Å². The molecule has 0 spiro atoms. The number of hydrogen-bond acceptors (Lipinski definition) is 3. The Balaban J connectivity index is 1.61. The average Bonchev–Trinajstić information content (AvgIpc) is 3.27. The summed E-state index contributed by atoms with van der Waals surface area (Å²) in [5.41, 5.74) is 5.68. The first-order chi connectivity index (χ1) is 18.6. The van der Waals surface area contributed by atoms with Crippen LogP contribution in [0.1, 0.15) is 21.6 Å². The summed E-state index contributed by atoms with van der Waals surface area (Å²) in [5, 5.41) is 10.0. The van der Waals surface area contributed by atoms with E-state index in [0.717, 1.165) is 43.4 Å². The van der Waals surface area contributed by atoms with E-state index in [1.807, 2.05) is 95.5 Å². The first-order valence-electron chi connectivity index (χ1n) is 12.2. The van der Waals surface area contributed by atoms with E-state index in [2.05, 4.69) is 50.8 Å². The number of pyridine rings is 1. The third kappa shape index (κ3) is 4.67. The fraction of sp³-hybridized carbons (Fsp3) is 0.0312. The molecule has 0 saturated carbocycles. The van der Waals surface area contributed by atoms with Crippen molar-refractivity contribution in [3.63, 3.8) is 0 Å². The van der Waals surface area contributed by atoms with Crippen molar-refractivity contribution in [2.45, 2.75) is 6.54 Å². The van der Waals surface area contributed by atoms with Crippen molar-refractivity contribution in [3.8, 4) is 0 Å². The number of anilines is 3. The average molecular weight is 581 g/mol. The molecule has 38 heavy (non-hydrogen) atoms. The molecule has 0 amide bonds. The largest absolute Gasteiger partial charge is 0.377 e. The molecule has 6 aromatic rings. The number of halogens is 2. The van der Waals surface area contributed by atoms with Crippen LogP contribution >= 0.6 is 27.5 Å². The zero-order valence-corrected chi connectivity index (χ0v) is 22.6. The Labute approximate surface area is 234 Å². The van der Waals surface area contributed by atoms with Crippen LogP contribution in [-0.4, -0.2) is 10.2 Å². The van der Waals surface area contributed by atoms with Crippen molar-refractivity contribution in [3.05, 3.63) is 142 Å². The molecular formula is C32H23BrClN3O. The molecule has 6 heteroatoms. The number of aromatic nitrogens is 1. The second kappa shape index (κ2) is 10.4. The van der Waals surface area contributed by atoms with Gasteiger partial charge in [0.1, 0.15) is 5.69 Å². The quantitative estimate of drug-likeness (QED) is 0.185. The van der Waals surface area contributed by atoms with Crippen LogP contribution in [0.5, 0.6) is 0 Å². The van der Waals surface area contributed by atoms with Crippen LogP contribution in [0.3, 0.4) is 0 Å². The van der Waals surface area contributed by atoms with Gasteiger partial charge in [-0.3, -0.25) is 4.79 Å². The van der Waals surface area contributed by atoms with E-state index in [0.29, 0.717) is 22.8 Å². The highest BCUT2D eigenvalue weighted by Crippen LogP contribution is 2.41. The lowest BCUT2D eigenvalue weighted by Crippen LogP contribution is -2.10. The van der Waals surface area contributed by atoms with Crippen molar-refractivity contribution in [1.82, 2.24) is 4.40 Å². The van der Waals surface area contributed by atoms with E-state index in [1.54, 1.807) is 0 Å². The van der Waals surface area contributed by atoms with E-state index >= 15 is 0 Å². The van der Waals surface area contributed by atoms with Gasteiger partial charge in [0.2, 0.25) is 5.78 Å². The van der Waals surface area contributed by atoms with Gasteiger partial charge in [0.05, 0.1) is 16.9 Å². The SMILES string of the molecule is O=C(c1ccc(Br)cc1)c1c(NCc2ccccc2)c(Nc2ccc(Cl)cc2)c2c3ccccc3ccn12. The van der Waals surface area contributed by atoms with Crippen molar-refractivity contribution >= 4 is 66.7 Å². The number of benzene rings is 4. The van der Waals surface area contributed by atoms with E-state index in [4.69, 9.17) is 11.6 Å². The van der Waals surface area contributed by atoms with Gasteiger partial charge in [0, 0.05) is 38.9 Å². The molecule has 186 valence electrons. The van der Waals surface area contributed by atoms with Gasteiger partial charge in [-0.05, 0) is 65.5 Å². The number of nitrogens with one attached hydrogen (secondary N) is 2. The molecule has 2 N–H and O–H groups in total. The zero-order chi connectivity index (χ0) is 26.1. The topological polar surface area (TPSA) is 45.5 Å². The Bertz CT molecular complexity index is 1760. The Morgan fingerprint density at radius 2 is 1.50 bits per heavy atom. The second-order valence-corrected chi connectivity index (χ2v) is 10.4. The highest BCUT2D eigenvalue weighted by Gasteiger charge is 2.26. The summed E-state index contributed by atoms with van der Waals surface area (Å²) in [7, 11) is 0. The number of carbonyl (C=O) groups is 1. The second-order valence-electron chi connectivity index (χ2n) is 9.03. The third-order valence-corrected chi connectivity index (χ3v) is 7.35. The first kappa shape index (κ1) is 24.3. The fourth-order valence-electron chi connectivity index (χ4n) is 4.73. The molecule has 0 unspecified atom stereocenters. The highest BCUT2D eigenvalue weighted by atomic mass is 79.9. The predicted molar refractivity (Wildman–Crippen MR) is 161 cm³/mol. The van der Waals surface area contributed by atoms with E-state index < -0.39 is 0 Å². The molecule has 0 aliphatic rings. The molecule has 0 radical (unpaired) electrons. The summed E-state index contributed by atoms with van der Waals surface area (Å²) >= 11 is 9.65. The normalized spacial score (nSPS) is 11.1. The minimum atomic E-state index is -0.0671. The van der Waals surface area contributed by atoms with Crippen LogP contribution < -0.4 is 10.6 Å². The molecule has 4 nitrogen and oxygen atoms in total. The van der Waals surface area contributed by atoms with Gasteiger partial charge in [-0.15, -0.1) is 0 Å². The first-order valence-corrected chi connectivity index (χ1v) is 13.4. The monoisotopic (exact) mass is 579 g/mol. The van der Waals surface area contributed by atoms with Crippen molar-refractivity contribution < 1.29 is 4.79 Å². The molecule has 0 fully saturated rings. The Morgan fingerprint density at radius 1 is 0.789 bits per heavy atom. The molecule has 0 bridgehead atoms. The van der Waals surface area contributed by atoms with Crippen molar-refractivity contribution in [1.29, 1.82) is 0 Å². The van der Waals surface area contributed by atoms with Crippen LogP contribution in [0.25, 0.3) is 16.3 Å². The number of carbonyl (C=O) groups excluding carboxylic acids is 1. The van der Waals surface area contributed by atoms with Gasteiger partial charge in [-0.2, -0.15) is 0 Å². The maximum atomic E-state index is 14.1.